The Morgan fingerprint density at radius 1 is 1.13 bits per heavy atom. The number of esters is 1. The number of likely N-dealkylation sites (N-methyl/N-ethyl adjacent to an activating group) is 1. The highest BCUT2D eigenvalue weighted by Crippen LogP contribution is 2.45. The van der Waals surface area contributed by atoms with Gasteiger partial charge in [-0.15, -0.1) is 24.2 Å². The lowest BCUT2D eigenvalue weighted by Gasteiger charge is -2.38. The van der Waals surface area contributed by atoms with E-state index in [4.69, 9.17) is 9.47 Å². The summed E-state index contributed by atoms with van der Waals surface area (Å²) in [6, 6.07) is 0.263. The van der Waals surface area contributed by atoms with E-state index >= 15 is 0 Å². The van der Waals surface area contributed by atoms with Gasteiger partial charge in [0.25, 0.3) is 5.91 Å². The lowest BCUT2D eigenvalue weighted by molar-refractivity contribution is -0.160. The number of hydrogen-bond donors (Lipinski definition) is 0. The molecular weight excluding hydrogens is 424 g/mol. The standard InChI is InChI=1S/C22H38N2O4S.ClH/c1-15(25)28-20-21(16-9-11-17(27-4)12-10-16)29-19-8-6-5-7-18(19)24(22(20)26)14-13-23(2)3;/h16-21H,5-14H2,1-4H3;1H. The first kappa shape index (κ1) is 25.8. The number of fused-ring (bicyclic) bond motifs is 1. The van der Waals surface area contributed by atoms with Crippen molar-refractivity contribution in [1.82, 2.24) is 9.80 Å². The molecule has 0 aromatic carbocycles. The Kier molecular flexibility index (Phi) is 10.2. The third-order valence-electron chi connectivity index (χ3n) is 6.82. The van der Waals surface area contributed by atoms with Crippen LogP contribution in [0.5, 0.6) is 0 Å². The fourth-order valence-electron chi connectivity index (χ4n) is 5.22. The summed E-state index contributed by atoms with van der Waals surface area (Å²) in [5, 5.41) is 0.500. The molecule has 30 heavy (non-hydrogen) atoms. The summed E-state index contributed by atoms with van der Waals surface area (Å²) in [4.78, 5) is 29.8. The van der Waals surface area contributed by atoms with Crippen LogP contribution in [0.25, 0.3) is 0 Å². The first-order chi connectivity index (χ1) is 13.9. The van der Waals surface area contributed by atoms with Crippen LogP contribution in [0, 0.1) is 5.92 Å². The zero-order chi connectivity index (χ0) is 21.0. The molecule has 0 radical (unpaired) electrons. The fraction of sp³-hybridized carbons (Fsp3) is 0.909. The van der Waals surface area contributed by atoms with Crippen molar-refractivity contribution in [2.45, 2.75) is 87.0 Å². The summed E-state index contributed by atoms with van der Waals surface area (Å²) in [5.74, 6) is 0.0795. The summed E-state index contributed by atoms with van der Waals surface area (Å²) < 4.78 is 11.3. The maximum absolute atomic E-state index is 13.7. The van der Waals surface area contributed by atoms with Gasteiger partial charge in [-0.2, -0.15) is 0 Å². The van der Waals surface area contributed by atoms with Crippen molar-refractivity contribution in [3.8, 4) is 0 Å². The highest BCUT2D eigenvalue weighted by atomic mass is 35.5. The summed E-state index contributed by atoms with van der Waals surface area (Å²) >= 11 is 1.95. The van der Waals surface area contributed by atoms with Crippen LogP contribution in [0.15, 0.2) is 0 Å². The third-order valence-corrected chi connectivity index (χ3v) is 8.67. The smallest absolute Gasteiger partial charge is 0.303 e. The molecule has 3 rings (SSSR count). The van der Waals surface area contributed by atoms with Crippen LogP contribution in [0.1, 0.15) is 58.3 Å². The topological polar surface area (TPSA) is 59.1 Å². The molecule has 0 aromatic heterocycles. The molecule has 1 amide bonds. The zero-order valence-corrected chi connectivity index (χ0v) is 20.5. The van der Waals surface area contributed by atoms with Crippen LogP contribution < -0.4 is 0 Å². The second-order valence-corrected chi connectivity index (χ2v) is 10.6. The van der Waals surface area contributed by atoms with E-state index in [-0.39, 0.29) is 35.6 Å². The SMILES string of the molecule is COC1CCC(C2SC3CCCCC3N(CCN(C)C)C(=O)C2OC(C)=O)CC1.Cl. The molecule has 2 saturated carbocycles. The van der Waals surface area contributed by atoms with Gasteiger partial charge in [0.2, 0.25) is 0 Å². The molecule has 2 aliphatic carbocycles. The van der Waals surface area contributed by atoms with Crippen LogP contribution in [0.4, 0.5) is 0 Å². The Morgan fingerprint density at radius 3 is 2.40 bits per heavy atom. The summed E-state index contributed by atoms with van der Waals surface area (Å²) in [6.45, 7) is 2.96. The van der Waals surface area contributed by atoms with Crippen molar-refractivity contribution in [3.63, 3.8) is 0 Å². The molecule has 1 heterocycles. The number of ether oxygens (including phenoxy) is 2. The lowest BCUT2D eigenvalue weighted by Crippen LogP contribution is -2.52. The average Bonchev–Trinajstić information content (AvgIpc) is 2.81. The number of carbonyl (C=O) groups excluding carboxylic acids is 2. The molecule has 1 aliphatic heterocycles. The van der Waals surface area contributed by atoms with Crippen molar-refractivity contribution in [3.05, 3.63) is 0 Å². The van der Waals surface area contributed by atoms with Crippen molar-refractivity contribution < 1.29 is 19.1 Å². The van der Waals surface area contributed by atoms with E-state index in [0.29, 0.717) is 23.8 Å². The van der Waals surface area contributed by atoms with Crippen molar-refractivity contribution in [2.75, 3.05) is 34.3 Å². The van der Waals surface area contributed by atoms with Gasteiger partial charge in [-0.05, 0) is 58.5 Å². The second-order valence-electron chi connectivity index (χ2n) is 9.13. The number of halogens is 1. The maximum Gasteiger partial charge on any atom is 0.303 e. The molecule has 174 valence electrons. The van der Waals surface area contributed by atoms with Gasteiger partial charge in [-0.1, -0.05) is 12.8 Å². The lowest BCUT2D eigenvalue weighted by atomic mass is 9.83. The van der Waals surface area contributed by atoms with Crippen LogP contribution in [-0.4, -0.2) is 84.7 Å². The van der Waals surface area contributed by atoms with Crippen LogP contribution in [-0.2, 0) is 19.1 Å². The highest BCUT2D eigenvalue weighted by Gasteiger charge is 2.48. The average molecular weight is 463 g/mol. The molecule has 4 atom stereocenters. The number of methoxy groups -OCH3 is 1. The van der Waals surface area contributed by atoms with Crippen LogP contribution in [0.3, 0.4) is 0 Å². The van der Waals surface area contributed by atoms with E-state index < -0.39 is 6.10 Å². The van der Waals surface area contributed by atoms with E-state index in [2.05, 4.69) is 9.80 Å². The summed E-state index contributed by atoms with van der Waals surface area (Å²) in [5.41, 5.74) is 0. The first-order valence-electron chi connectivity index (χ1n) is 11.2. The minimum absolute atomic E-state index is 0. The molecule has 3 fully saturated rings. The normalized spacial score (nSPS) is 34.7. The quantitative estimate of drug-likeness (QED) is 0.564. The van der Waals surface area contributed by atoms with E-state index in [1.54, 1.807) is 7.11 Å². The largest absolute Gasteiger partial charge is 0.451 e. The van der Waals surface area contributed by atoms with Gasteiger partial charge in [0, 0.05) is 38.4 Å². The maximum atomic E-state index is 13.7. The van der Waals surface area contributed by atoms with Gasteiger partial charge in [-0.3, -0.25) is 9.59 Å². The Hall–Kier alpha value is -0.500. The Bertz CT molecular complexity index is 571. The fourth-order valence-corrected chi connectivity index (χ4v) is 7.20. The van der Waals surface area contributed by atoms with Crippen molar-refractivity contribution in [1.29, 1.82) is 0 Å². The second kappa shape index (κ2) is 11.9. The summed E-state index contributed by atoms with van der Waals surface area (Å²) in [6.07, 6.45) is 8.41. The molecule has 4 unspecified atom stereocenters. The van der Waals surface area contributed by atoms with Gasteiger partial charge in [0.05, 0.1) is 11.4 Å². The molecular formula is C22H39ClN2O4S. The number of hydrogen-bond acceptors (Lipinski definition) is 6. The van der Waals surface area contributed by atoms with Crippen molar-refractivity contribution >= 4 is 36.0 Å². The molecule has 0 spiro atoms. The van der Waals surface area contributed by atoms with Gasteiger partial charge < -0.3 is 19.3 Å². The van der Waals surface area contributed by atoms with Crippen LogP contribution in [0.2, 0.25) is 0 Å². The predicted molar refractivity (Wildman–Crippen MR) is 123 cm³/mol. The third kappa shape index (κ3) is 6.27. The number of carbonyl (C=O) groups is 2. The number of amides is 1. The van der Waals surface area contributed by atoms with Gasteiger partial charge >= 0.3 is 5.97 Å². The summed E-state index contributed by atoms with van der Waals surface area (Å²) in [7, 11) is 5.86. The molecule has 6 nitrogen and oxygen atoms in total. The molecule has 8 heteroatoms. The van der Waals surface area contributed by atoms with Gasteiger partial charge in [-0.25, -0.2) is 0 Å². The minimum atomic E-state index is -0.658. The molecule has 1 saturated heterocycles. The number of thioether (sulfide) groups is 1. The Morgan fingerprint density at radius 2 is 1.80 bits per heavy atom. The van der Waals surface area contributed by atoms with E-state index in [9.17, 15) is 9.59 Å². The molecule has 3 aliphatic rings. The van der Waals surface area contributed by atoms with E-state index in [1.165, 1.54) is 19.8 Å². The molecule has 0 aromatic rings. The highest BCUT2D eigenvalue weighted by molar-refractivity contribution is 8.00. The first-order valence-corrected chi connectivity index (χ1v) is 12.2. The number of rotatable bonds is 6. The van der Waals surface area contributed by atoms with E-state index in [0.717, 1.165) is 45.1 Å². The van der Waals surface area contributed by atoms with Gasteiger partial charge in [0.15, 0.2) is 6.10 Å². The van der Waals surface area contributed by atoms with E-state index in [1.807, 2.05) is 25.9 Å². The predicted octanol–water partition coefficient (Wildman–Crippen LogP) is 3.36. The minimum Gasteiger partial charge on any atom is -0.451 e. The Balaban J connectivity index is 0.00000320. The Labute approximate surface area is 192 Å². The van der Waals surface area contributed by atoms with Crippen LogP contribution >= 0.6 is 24.2 Å². The van der Waals surface area contributed by atoms with Crippen molar-refractivity contribution in [2.24, 2.45) is 5.92 Å². The molecule has 0 bridgehead atoms. The molecule has 0 N–H and O–H groups in total. The monoisotopic (exact) mass is 462 g/mol. The number of nitrogens with zero attached hydrogens (tertiary/aromatic N) is 2. The zero-order valence-electron chi connectivity index (χ0n) is 18.9. The van der Waals surface area contributed by atoms with Gasteiger partial charge in [0.1, 0.15) is 0 Å².